The number of benzene rings is 3. The Labute approximate surface area is 268 Å². The van der Waals surface area contributed by atoms with Gasteiger partial charge in [-0.25, -0.2) is 4.98 Å². The highest BCUT2D eigenvalue weighted by Crippen LogP contribution is 2.32. The zero-order valence-corrected chi connectivity index (χ0v) is 26.2. The summed E-state index contributed by atoms with van der Waals surface area (Å²) in [6.07, 6.45) is 5.29. The van der Waals surface area contributed by atoms with Gasteiger partial charge in [0.25, 0.3) is 5.56 Å². The molecule has 1 aliphatic heterocycles. The summed E-state index contributed by atoms with van der Waals surface area (Å²) >= 11 is 0. The van der Waals surface area contributed by atoms with E-state index in [1.807, 2.05) is 54.6 Å². The van der Waals surface area contributed by atoms with Gasteiger partial charge in [0, 0.05) is 67.2 Å². The number of aromatic nitrogens is 3. The van der Waals surface area contributed by atoms with Crippen LogP contribution in [0.1, 0.15) is 18.1 Å². The van der Waals surface area contributed by atoms with Crippen molar-refractivity contribution in [3.05, 3.63) is 119 Å². The average molecular weight is 616 g/mol. The van der Waals surface area contributed by atoms with E-state index in [0.717, 1.165) is 37.4 Å². The number of hydrogen-bond acceptors (Lipinski definition) is 8. The van der Waals surface area contributed by atoms with Crippen LogP contribution < -0.4 is 25.8 Å². The number of amides is 1. The average Bonchev–Trinajstić information content (AvgIpc) is 3.06. The lowest BCUT2D eigenvalue weighted by molar-refractivity contribution is -0.111. The Balaban J connectivity index is 1.40. The smallest absolute Gasteiger partial charge is 0.260 e. The molecule has 46 heavy (non-hydrogen) atoms. The molecule has 234 valence electrons. The highest BCUT2D eigenvalue weighted by Gasteiger charge is 2.18. The van der Waals surface area contributed by atoms with E-state index in [1.165, 1.54) is 6.08 Å². The molecule has 2 aromatic heterocycles. The fraction of sp³-hybridized carbons (Fsp3) is 0.222. The van der Waals surface area contributed by atoms with Crippen LogP contribution in [0, 0.1) is 0 Å². The van der Waals surface area contributed by atoms with E-state index in [0.29, 0.717) is 51.8 Å². The predicted octanol–water partition coefficient (Wildman–Crippen LogP) is 5.39. The SMILES string of the molecule is CC=CC(=O)Nc1cccc(-n2c(=O)c(Cc3ccccc3)cc3cnc(Nc4ccc(N5CCN(C)CC5)cc4OC)nc32)c1. The molecule has 0 bridgehead atoms. The molecule has 10 nitrogen and oxygen atoms in total. The minimum absolute atomic E-state index is 0.202. The Morgan fingerprint density at radius 3 is 2.52 bits per heavy atom. The number of carbonyl (C=O) groups is 1. The zero-order valence-electron chi connectivity index (χ0n) is 26.2. The number of fused-ring (bicyclic) bond motifs is 1. The summed E-state index contributed by atoms with van der Waals surface area (Å²) in [4.78, 5) is 40.6. The molecule has 6 rings (SSSR count). The van der Waals surface area contributed by atoms with Crippen molar-refractivity contribution in [1.29, 1.82) is 0 Å². The van der Waals surface area contributed by atoms with Gasteiger partial charge in [0.1, 0.15) is 5.75 Å². The fourth-order valence-corrected chi connectivity index (χ4v) is 5.62. The van der Waals surface area contributed by atoms with Crippen molar-refractivity contribution in [3.8, 4) is 11.4 Å². The molecule has 1 aliphatic rings. The highest BCUT2D eigenvalue weighted by molar-refractivity contribution is 5.99. The third kappa shape index (κ3) is 6.77. The van der Waals surface area contributed by atoms with Crippen molar-refractivity contribution in [2.75, 3.05) is 55.9 Å². The summed E-state index contributed by atoms with van der Waals surface area (Å²) in [6.45, 7) is 5.69. The maximum Gasteiger partial charge on any atom is 0.260 e. The molecule has 2 N–H and O–H groups in total. The Morgan fingerprint density at radius 2 is 1.76 bits per heavy atom. The number of piperazine rings is 1. The Morgan fingerprint density at radius 1 is 0.957 bits per heavy atom. The molecule has 3 heterocycles. The number of hydrogen-bond donors (Lipinski definition) is 2. The standard InChI is InChI=1S/C36H37N7O3/c1-4-9-33(44)38-28-12-8-13-30(22-28)43-34-27(21-26(35(43)45)20-25-10-6-5-7-11-25)24-37-36(40-34)39-31-15-14-29(23-32(31)46-3)42-18-16-41(2)17-19-42/h4-15,21-24H,16-20H2,1-3H3,(H,38,44)(H,37,39,40). The van der Waals surface area contributed by atoms with E-state index < -0.39 is 0 Å². The largest absolute Gasteiger partial charge is 0.494 e. The first-order valence-corrected chi connectivity index (χ1v) is 15.3. The van der Waals surface area contributed by atoms with Crippen molar-refractivity contribution in [2.24, 2.45) is 0 Å². The van der Waals surface area contributed by atoms with Crippen molar-refractivity contribution in [2.45, 2.75) is 13.3 Å². The number of methoxy groups -OCH3 is 1. The van der Waals surface area contributed by atoms with Crippen LogP contribution in [0.5, 0.6) is 5.75 Å². The van der Waals surface area contributed by atoms with Gasteiger partial charge in [-0.15, -0.1) is 0 Å². The molecular weight excluding hydrogens is 578 g/mol. The van der Waals surface area contributed by atoms with Crippen LogP contribution >= 0.6 is 0 Å². The lowest BCUT2D eigenvalue weighted by Gasteiger charge is -2.34. The molecule has 5 aromatic rings. The third-order valence-corrected chi connectivity index (χ3v) is 8.04. The van der Waals surface area contributed by atoms with Crippen molar-refractivity contribution < 1.29 is 9.53 Å². The minimum Gasteiger partial charge on any atom is -0.494 e. The van der Waals surface area contributed by atoms with E-state index >= 15 is 0 Å². The molecule has 0 aliphatic carbocycles. The van der Waals surface area contributed by atoms with Crippen LogP contribution in [0.2, 0.25) is 0 Å². The van der Waals surface area contributed by atoms with Crippen LogP contribution in [0.25, 0.3) is 16.7 Å². The van der Waals surface area contributed by atoms with Gasteiger partial charge in [-0.1, -0.05) is 42.5 Å². The summed E-state index contributed by atoms with van der Waals surface area (Å²) in [5.41, 5.74) is 4.79. The zero-order chi connectivity index (χ0) is 32.0. The molecular formula is C36H37N7O3. The normalized spacial score (nSPS) is 13.7. The second kappa shape index (κ2) is 13.7. The van der Waals surface area contributed by atoms with Gasteiger partial charge >= 0.3 is 0 Å². The van der Waals surface area contributed by atoms with Crippen molar-refractivity contribution in [1.82, 2.24) is 19.4 Å². The highest BCUT2D eigenvalue weighted by atomic mass is 16.5. The molecule has 10 heteroatoms. The van der Waals surface area contributed by atoms with Gasteiger partial charge in [-0.3, -0.25) is 14.2 Å². The van der Waals surface area contributed by atoms with Crippen LogP contribution in [-0.2, 0) is 11.2 Å². The van der Waals surface area contributed by atoms with Crippen LogP contribution in [0.3, 0.4) is 0 Å². The number of carbonyl (C=O) groups excluding carboxylic acids is 1. The molecule has 1 fully saturated rings. The third-order valence-electron chi connectivity index (χ3n) is 8.04. The number of nitrogens with zero attached hydrogens (tertiary/aromatic N) is 5. The Kier molecular flexibility index (Phi) is 9.07. The summed E-state index contributed by atoms with van der Waals surface area (Å²) in [6, 6.07) is 24.9. The van der Waals surface area contributed by atoms with Gasteiger partial charge in [0.15, 0.2) is 5.65 Å². The molecule has 0 spiro atoms. The van der Waals surface area contributed by atoms with E-state index in [4.69, 9.17) is 9.72 Å². The van der Waals surface area contributed by atoms with Crippen molar-refractivity contribution >= 4 is 40.0 Å². The Hall–Kier alpha value is -5.48. The molecule has 3 aromatic carbocycles. The number of nitrogens with one attached hydrogen (secondary N) is 2. The van der Waals surface area contributed by atoms with E-state index in [2.05, 4.69) is 38.5 Å². The molecule has 1 saturated heterocycles. The number of rotatable bonds is 9. The second-order valence-electron chi connectivity index (χ2n) is 11.3. The minimum atomic E-state index is -0.254. The van der Waals surface area contributed by atoms with Gasteiger partial charge in [0.05, 0.1) is 18.5 Å². The van der Waals surface area contributed by atoms with Crippen LogP contribution in [0.15, 0.2) is 102 Å². The first-order valence-electron chi connectivity index (χ1n) is 15.3. The summed E-state index contributed by atoms with van der Waals surface area (Å²) < 4.78 is 7.34. The van der Waals surface area contributed by atoms with Gasteiger partial charge in [-0.2, -0.15) is 4.98 Å². The maximum atomic E-state index is 14.2. The first-order chi connectivity index (χ1) is 22.4. The second-order valence-corrected chi connectivity index (χ2v) is 11.3. The monoisotopic (exact) mass is 615 g/mol. The first kappa shape index (κ1) is 30.5. The number of allylic oxidation sites excluding steroid dienone is 1. The fourth-order valence-electron chi connectivity index (χ4n) is 5.62. The number of pyridine rings is 1. The molecule has 0 radical (unpaired) electrons. The summed E-state index contributed by atoms with van der Waals surface area (Å²) in [5.74, 6) is 0.732. The van der Waals surface area contributed by atoms with E-state index in [9.17, 15) is 9.59 Å². The summed E-state index contributed by atoms with van der Waals surface area (Å²) in [7, 11) is 3.78. The molecule has 1 amide bonds. The lowest BCUT2D eigenvalue weighted by Crippen LogP contribution is -2.44. The van der Waals surface area contributed by atoms with Crippen LogP contribution in [0.4, 0.5) is 23.0 Å². The quantitative estimate of drug-likeness (QED) is 0.213. The number of likely N-dealkylation sites (N-methyl/N-ethyl adjacent to an activating group) is 1. The van der Waals surface area contributed by atoms with Gasteiger partial charge in [-0.05, 0) is 62.0 Å². The Bertz CT molecular complexity index is 1950. The predicted molar refractivity (Wildman–Crippen MR) is 184 cm³/mol. The summed E-state index contributed by atoms with van der Waals surface area (Å²) in [5, 5.41) is 6.86. The molecule has 0 atom stereocenters. The van der Waals surface area contributed by atoms with Crippen molar-refractivity contribution in [3.63, 3.8) is 0 Å². The maximum absolute atomic E-state index is 14.2. The van der Waals surface area contributed by atoms with E-state index in [-0.39, 0.29) is 11.5 Å². The van der Waals surface area contributed by atoms with Gasteiger partial charge < -0.3 is 25.2 Å². The topological polar surface area (TPSA) is 105 Å². The lowest BCUT2D eigenvalue weighted by atomic mass is 10.1. The number of ether oxygens (including phenoxy) is 1. The molecule has 0 saturated carbocycles. The van der Waals surface area contributed by atoms with E-state index in [1.54, 1.807) is 49.1 Å². The van der Waals surface area contributed by atoms with Crippen LogP contribution in [-0.4, -0.2) is 65.7 Å². The molecule has 0 unspecified atom stereocenters. The number of anilines is 4. The van der Waals surface area contributed by atoms with Gasteiger partial charge in [0.2, 0.25) is 11.9 Å².